The molecule has 1 saturated heterocycles. The number of fused-ring (bicyclic) bond motifs is 1. The summed E-state index contributed by atoms with van der Waals surface area (Å²) < 4.78 is 15.3. The van der Waals surface area contributed by atoms with Crippen molar-refractivity contribution in [1.29, 1.82) is 0 Å². The summed E-state index contributed by atoms with van der Waals surface area (Å²) in [6.45, 7) is 6.74. The third-order valence-electron chi connectivity index (χ3n) is 5.38. The Labute approximate surface area is 162 Å². The Balaban J connectivity index is 1.45. The molecule has 1 aromatic carbocycles. The number of hydrogen-bond acceptors (Lipinski definition) is 5. The van der Waals surface area contributed by atoms with Crippen molar-refractivity contribution in [2.24, 2.45) is 0 Å². The summed E-state index contributed by atoms with van der Waals surface area (Å²) in [5, 5.41) is 11.6. The highest BCUT2D eigenvalue weighted by Crippen LogP contribution is 2.22. The molecule has 0 amide bonds. The zero-order chi connectivity index (χ0) is 18.8. The van der Waals surface area contributed by atoms with E-state index in [4.69, 9.17) is 0 Å². The second-order valence-corrected chi connectivity index (χ2v) is 8.07. The zero-order valence-corrected chi connectivity index (χ0v) is 16.3. The Kier molecular flexibility index (Phi) is 5.54. The molecule has 2 aromatic heterocycles. The minimum Gasteiger partial charge on any atom is -0.396 e. The molecule has 1 aliphatic heterocycles. The first-order valence-electron chi connectivity index (χ1n) is 9.37. The van der Waals surface area contributed by atoms with Gasteiger partial charge in [-0.3, -0.25) is 14.2 Å². The molecule has 144 valence electrons. The number of aromatic nitrogens is 2. The van der Waals surface area contributed by atoms with Gasteiger partial charge in [-0.2, -0.15) is 0 Å². The number of benzene rings is 1. The lowest BCUT2D eigenvalue weighted by Crippen LogP contribution is -2.52. The van der Waals surface area contributed by atoms with E-state index in [0.29, 0.717) is 6.04 Å². The van der Waals surface area contributed by atoms with Crippen molar-refractivity contribution in [1.82, 2.24) is 19.2 Å². The highest BCUT2D eigenvalue weighted by Gasteiger charge is 2.27. The number of nitrogens with zero attached hydrogens (tertiary/aromatic N) is 4. The second-order valence-electron chi connectivity index (χ2n) is 7.20. The number of hydrogen-bond donors (Lipinski definition) is 1. The first-order valence-corrected chi connectivity index (χ1v) is 10.2. The largest absolute Gasteiger partial charge is 0.396 e. The van der Waals surface area contributed by atoms with Crippen molar-refractivity contribution in [2.45, 2.75) is 32.5 Å². The van der Waals surface area contributed by atoms with E-state index in [0.717, 1.165) is 55.4 Å². The average molecular weight is 389 g/mol. The molecular formula is C20H25FN4OS. The van der Waals surface area contributed by atoms with Crippen molar-refractivity contribution in [3.05, 3.63) is 58.6 Å². The van der Waals surface area contributed by atoms with Gasteiger partial charge in [0.25, 0.3) is 0 Å². The fourth-order valence-corrected chi connectivity index (χ4v) is 4.68. The molecule has 4 rings (SSSR count). The van der Waals surface area contributed by atoms with Crippen LogP contribution in [-0.4, -0.2) is 56.6 Å². The van der Waals surface area contributed by atoms with Crippen LogP contribution in [0.25, 0.3) is 4.96 Å². The smallest absolute Gasteiger partial charge is 0.194 e. The lowest BCUT2D eigenvalue weighted by molar-refractivity contribution is 0.0492. The van der Waals surface area contributed by atoms with Gasteiger partial charge in [-0.1, -0.05) is 12.1 Å². The molecule has 3 aromatic rings. The van der Waals surface area contributed by atoms with Gasteiger partial charge >= 0.3 is 0 Å². The summed E-state index contributed by atoms with van der Waals surface area (Å²) >= 11 is 1.66. The number of imidazole rings is 1. The van der Waals surface area contributed by atoms with Crippen molar-refractivity contribution < 1.29 is 9.50 Å². The minimum atomic E-state index is -0.202. The molecule has 5 nitrogen and oxygen atoms in total. The molecule has 0 radical (unpaired) electrons. The SMILES string of the molecule is Cc1nc2sccn2c1CN1CCN(Cc2ccc(F)cc2)[C@@H](CCO)C1. The van der Waals surface area contributed by atoms with E-state index in [9.17, 15) is 9.50 Å². The van der Waals surface area contributed by atoms with E-state index in [1.165, 1.54) is 17.8 Å². The van der Waals surface area contributed by atoms with Crippen LogP contribution >= 0.6 is 11.3 Å². The van der Waals surface area contributed by atoms with E-state index in [1.54, 1.807) is 11.3 Å². The summed E-state index contributed by atoms with van der Waals surface area (Å²) in [6, 6.07) is 7.02. The lowest BCUT2D eigenvalue weighted by Gasteiger charge is -2.41. The third kappa shape index (κ3) is 4.06. The fourth-order valence-electron chi connectivity index (χ4n) is 3.90. The number of aliphatic hydroxyl groups is 1. The Bertz CT molecular complexity index is 891. The molecule has 3 heterocycles. The van der Waals surface area contributed by atoms with Gasteiger partial charge in [-0.05, 0) is 31.0 Å². The maximum Gasteiger partial charge on any atom is 0.194 e. The highest BCUT2D eigenvalue weighted by atomic mass is 32.1. The number of piperazine rings is 1. The topological polar surface area (TPSA) is 44.0 Å². The van der Waals surface area contributed by atoms with Crippen LogP contribution in [0.15, 0.2) is 35.8 Å². The van der Waals surface area contributed by atoms with Gasteiger partial charge in [-0.15, -0.1) is 11.3 Å². The van der Waals surface area contributed by atoms with Gasteiger partial charge < -0.3 is 5.11 Å². The Hall–Kier alpha value is -1.80. The van der Waals surface area contributed by atoms with E-state index < -0.39 is 0 Å². The number of aryl methyl sites for hydroxylation is 1. The quantitative estimate of drug-likeness (QED) is 0.705. The van der Waals surface area contributed by atoms with Crippen LogP contribution in [0.5, 0.6) is 0 Å². The highest BCUT2D eigenvalue weighted by molar-refractivity contribution is 7.15. The first-order chi connectivity index (χ1) is 13.1. The fraction of sp³-hybridized carbons (Fsp3) is 0.450. The standard InChI is InChI=1S/C20H25FN4OS/c1-15-19(25-9-11-27-20(25)22-15)14-23-7-8-24(18(13-23)6-10-26)12-16-2-4-17(21)5-3-16/h2-5,9,11,18,26H,6-8,10,12-14H2,1H3/t18-/m0/s1. The third-order valence-corrected chi connectivity index (χ3v) is 6.14. The monoisotopic (exact) mass is 388 g/mol. The van der Waals surface area contributed by atoms with E-state index in [2.05, 4.69) is 37.7 Å². The van der Waals surface area contributed by atoms with Crippen LogP contribution in [-0.2, 0) is 13.1 Å². The summed E-state index contributed by atoms with van der Waals surface area (Å²) in [6.07, 6.45) is 2.84. The van der Waals surface area contributed by atoms with Crippen LogP contribution in [0.1, 0.15) is 23.4 Å². The Morgan fingerprint density at radius 1 is 1.22 bits per heavy atom. The summed E-state index contributed by atoms with van der Waals surface area (Å²) in [7, 11) is 0. The van der Waals surface area contributed by atoms with Gasteiger partial charge in [0.15, 0.2) is 4.96 Å². The van der Waals surface area contributed by atoms with Crippen LogP contribution in [0.3, 0.4) is 0 Å². The predicted octanol–water partition coefficient (Wildman–Crippen LogP) is 2.91. The predicted molar refractivity (Wildman–Crippen MR) is 105 cm³/mol. The molecule has 0 unspecified atom stereocenters. The van der Waals surface area contributed by atoms with E-state index >= 15 is 0 Å². The summed E-state index contributed by atoms with van der Waals surface area (Å²) in [4.78, 5) is 10.6. The van der Waals surface area contributed by atoms with Gasteiger partial charge in [0, 0.05) is 56.9 Å². The molecule has 0 aliphatic carbocycles. The average Bonchev–Trinajstić information content (AvgIpc) is 3.22. The van der Waals surface area contributed by atoms with E-state index in [1.807, 2.05) is 12.1 Å². The van der Waals surface area contributed by atoms with Gasteiger partial charge in [0.05, 0.1) is 11.4 Å². The molecule has 27 heavy (non-hydrogen) atoms. The van der Waals surface area contributed by atoms with Crippen LogP contribution in [0.4, 0.5) is 4.39 Å². The van der Waals surface area contributed by atoms with E-state index in [-0.39, 0.29) is 12.4 Å². The maximum atomic E-state index is 13.2. The molecule has 0 bridgehead atoms. The normalized spacial score (nSPS) is 19.1. The number of rotatable bonds is 6. The number of halogens is 1. The zero-order valence-electron chi connectivity index (χ0n) is 15.5. The van der Waals surface area contributed by atoms with Crippen molar-refractivity contribution in [2.75, 3.05) is 26.2 Å². The summed E-state index contributed by atoms with van der Waals surface area (Å²) in [5.74, 6) is -0.202. The van der Waals surface area contributed by atoms with Gasteiger partial charge in [0.2, 0.25) is 0 Å². The molecule has 1 atom stereocenters. The van der Waals surface area contributed by atoms with Gasteiger partial charge in [0.1, 0.15) is 5.82 Å². The summed E-state index contributed by atoms with van der Waals surface area (Å²) in [5.41, 5.74) is 3.45. The Morgan fingerprint density at radius 3 is 2.81 bits per heavy atom. The molecular weight excluding hydrogens is 363 g/mol. The molecule has 7 heteroatoms. The first kappa shape index (κ1) is 18.6. The Morgan fingerprint density at radius 2 is 2.04 bits per heavy atom. The minimum absolute atomic E-state index is 0.179. The molecule has 0 spiro atoms. The van der Waals surface area contributed by atoms with Crippen LogP contribution < -0.4 is 0 Å². The van der Waals surface area contributed by atoms with Crippen LogP contribution in [0.2, 0.25) is 0 Å². The molecule has 1 fully saturated rings. The van der Waals surface area contributed by atoms with Gasteiger partial charge in [-0.25, -0.2) is 9.37 Å². The number of thiazole rings is 1. The molecule has 0 saturated carbocycles. The van der Waals surface area contributed by atoms with Crippen LogP contribution in [0, 0.1) is 12.7 Å². The molecule has 1 aliphatic rings. The van der Waals surface area contributed by atoms with Crippen molar-refractivity contribution in [3.63, 3.8) is 0 Å². The van der Waals surface area contributed by atoms with Crippen molar-refractivity contribution >= 4 is 16.3 Å². The maximum absolute atomic E-state index is 13.2. The number of aliphatic hydroxyl groups excluding tert-OH is 1. The molecule has 1 N–H and O–H groups in total. The lowest BCUT2D eigenvalue weighted by atomic mass is 10.1. The second kappa shape index (κ2) is 8.06. The van der Waals surface area contributed by atoms with Crippen molar-refractivity contribution in [3.8, 4) is 0 Å².